The van der Waals surface area contributed by atoms with E-state index in [0.717, 1.165) is 24.8 Å². The van der Waals surface area contributed by atoms with E-state index in [-0.39, 0.29) is 6.10 Å². The van der Waals surface area contributed by atoms with Crippen LogP contribution in [0.3, 0.4) is 0 Å². The molecule has 15 heavy (non-hydrogen) atoms. The van der Waals surface area contributed by atoms with Crippen molar-refractivity contribution in [1.29, 1.82) is 0 Å². The summed E-state index contributed by atoms with van der Waals surface area (Å²) in [6, 6.07) is 5.34. The van der Waals surface area contributed by atoms with Crippen LogP contribution in [0.5, 0.6) is 0 Å². The Labute approximate surface area is 101 Å². The van der Waals surface area contributed by atoms with Gasteiger partial charge in [0.25, 0.3) is 0 Å². The third-order valence-corrected chi connectivity index (χ3v) is 2.96. The predicted molar refractivity (Wildman–Crippen MR) is 65.7 cm³/mol. The first-order valence-electron chi connectivity index (χ1n) is 5.25. The Morgan fingerprint density at radius 1 is 1.33 bits per heavy atom. The Morgan fingerprint density at radius 2 is 2.07 bits per heavy atom. The van der Waals surface area contributed by atoms with Crippen LogP contribution < -0.4 is 0 Å². The monoisotopic (exact) mass is 246 g/mol. The van der Waals surface area contributed by atoms with Crippen LogP contribution in [0.4, 0.5) is 0 Å². The van der Waals surface area contributed by atoms with Gasteiger partial charge in [0.05, 0.1) is 6.10 Å². The van der Waals surface area contributed by atoms with E-state index in [1.165, 1.54) is 0 Å². The van der Waals surface area contributed by atoms with Gasteiger partial charge < -0.3 is 5.11 Å². The SMILES string of the molecule is CCCCC(O)Cc1cc(Cl)ccc1Cl. The lowest BCUT2D eigenvalue weighted by Crippen LogP contribution is -2.10. The van der Waals surface area contributed by atoms with Crippen LogP contribution in [0.1, 0.15) is 31.7 Å². The summed E-state index contributed by atoms with van der Waals surface area (Å²) in [4.78, 5) is 0. The molecule has 1 nitrogen and oxygen atoms in total. The Kier molecular flexibility index (Phi) is 5.44. The maximum absolute atomic E-state index is 9.75. The Balaban J connectivity index is 2.59. The minimum absolute atomic E-state index is 0.319. The zero-order valence-corrected chi connectivity index (χ0v) is 10.4. The lowest BCUT2D eigenvalue weighted by Gasteiger charge is -2.11. The van der Waals surface area contributed by atoms with Crippen molar-refractivity contribution in [2.24, 2.45) is 0 Å². The molecule has 84 valence electrons. The number of aliphatic hydroxyl groups is 1. The lowest BCUT2D eigenvalue weighted by molar-refractivity contribution is 0.162. The summed E-state index contributed by atoms with van der Waals surface area (Å²) < 4.78 is 0. The molecule has 1 aromatic carbocycles. The first kappa shape index (κ1) is 12.8. The van der Waals surface area contributed by atoms with E-state index in [0.29, 0.717) is 16.5 Å². The van der Waals surface area contributed by atoms with Crippen molar-refractivity contribution in [2.75, 3.05) is 0 Å². The third-order valence-electron chi connectivity index (χ3n) is 2.35. The second kappa shape index (κ2) is 6.37. The van der Waals surface area contributed by atoms with E-state index < -0.39 is 0 Å². The van der Waals surface area contributed by atoms with Crippen molar-refractivity contribution in [1.82, 2.24) is 0 Å². The first-order chi connectivity index (χ1) is 7.13. The molecule has 0 aliphatic rings. The Bertz CT molecular complexity index is 312. The van der Waals surface area contributed by atoms with Gasteiger partial charge in [-0.1, -0.05) is 43.0 Å². The van der Waals surface area contributed by atoms with Gasteiger partial charge >= 0.3 is 0 Å². The smallest absolute Gasteiger partial charge is 0.0581 e. The largest absolute Gasteiger partial charge is 0.393 e. The standard InChI is InChI=1S/C12H16Cl2O/c1-2-3-4-11(15)8-9-7-10(13)5-6-12(9)14/h5-7,11,15H,2-4,8H2,1H3. The van der Waals surface area contributed by atoms with Crippen LogP contribution >= 0.6 is 23.2 Å². The fourth-order valence-corrected chi connectivity index (χ4v) is 1.88. The number of hydrogen-bond acceptors (Lipinski definition) is 1. The van der Waals surface area contributed by atoms with Gasteiger partial charge in [-0.05, 0) is 36.6 Å². The summed E-state index contributed by atoms with van der Waals surface area (Å²) in [5.74, 6) is 0. The van der Waals surface area contributed by atoms with E-state index in [1.807, 2.05) is 6.07 Å². The van der Waals surface area contributed by atoms with E-state index in [1.54, 1.807) is 12.1 Å². The predicted octanol–water partition coefficient (Wildman–Crippen LogP) is 4.09. The number of rotatable bonds is 5. The molecule has 0 bridgehead atoms. The average Bonchev–Trinajstić information content (AvgIpc) is 2.20. The molecule has 0 aromatic heterocycles. The third kappa shape index (κ3) is 4.42. The van der Waals surface area contributed by atoms with Crippen molar-refractivity contribution in [3.05, 3.63) is 33.8 Å². The van der Waals surface area contributed by atoms with E-state index in [9.17, 15) is 5.11 Å². The quantitative estimate of drug-likeness (QED) is 0.830. The van der Waals surface area contributed by atoms with Gasteiger partial charge in [0.1, 0.15) is 0 Å². The summed E-state index contributed by atoms with van der Waals surface area (Å²) in [5.41, 5.74) is 0.924. The van der Waals surface area contributed by atoms with Gasteiger partial charge in [-0.3, -0.25) is 0 Å². The Morgan fingerprint density at radius 3 is 2.73 bits per heavy atom. The van der Waals surface area contributed by atoms with Crippen LogP contribution in [0, 0.1) is 0 Å². The van der Waals surface area contributed by atoms with Crippen molar-refractivity contribution >= 4 is 23.2 Å². The molecule has 0 aliphatic heterocycles. The zero-order chi connectivity index (χ0) is 11.3. The average molecular weight is 247 g/mol. The van der Waals surface area contributed by atoms with Crippen molar-refractivity contribution in [3.8, 4) is 0 Å². The van der Waals surface area contributed by atoms with Gasteiger partial charge in [-0.15, -0.1) is 0 Å². The normalized spacial score (nSPS) is 12.8. The number of hydrogen-bond donors (Lipinski definition) is 1. The second-order valence-electron chi connectivity index (χ2n) is 3.74. The molecule has 1 aromatic rings. The molecule has 1 unspecified atom stereocenters. The van der Waals surface area contributed by atoms with E-state index >= 15 is 0 Å². The highest BCUT2D eigenvalue weighted by molar-refractivity contribution is 6.33. The molecular weight excluding hydrogens is 231 g/mol. The summed E-state index contributed by atoms with van der Waals surface area (Å²) in [6.45, 7) is 2.11. The van der Waals surface area contributed by atoms with Crippen molar-refractivity contribution in [3.63, 3.8) is 0 Å². The molecule has 0 fully saturated rings. The second-order valence-corrected chi connectivity index (χ2v) is 4.58. The number of unbranched alkanes of at least 4 members (excludes halogenated alkanes) is 1. The van der Waals surface area contributed by atoms with Gasteiger partial charge in [0.15, 0.2) is 0 Å². The molecule has 0 spiro atoms. The highest BCUT2D eigenvalue weighted by atomic mass is 35.5. The lowest BCUT2D eigenvalue weighted by atomic mass is 10.0. The van der Waals surface area contributed by atoms with Crippen LogP contribution in [0.15, 0.2) is 18.2 Å². The molecular formula is C12H16Cl2O. The molecule has 0 heterocycles. The van der Waals surface area contributed by atoms with Gasteiger partial charge in [0.2, 0.25) is 0 Å². The van der Waals surface area contributed by atoms with Gasteiger partial charge in [-0.25, -0.2) is 0 Å². The number of halogens is 2. The summed E-state index contributed by atoms with van der Waals surface area (Å²) in [7, 11) is 0. The topological polar surface area (TPSA) is 20.2 Å². The van der Waals surface area contributed by atoms with Crippen molar-refractivity contribution < 1.29 is 5.11 Å². The van der Waals surface area contributed by atoms with Crippen LogP contribution in [-0.2, 0) is 6.42 Å². The minimum Gasteiger partial charge on any atom is -0.393 e. The number of benzene rings is 1. The molecule has 0 saturated carbocycles. The molecule has 1 rings (SSSR count). The zero-order valence-electron chi connectivity index (χ0n) is 8.84. The van der Waals surface area contributed by atoms with Gasteiger partial charge in [0, 0.05) is 10.0 Å². The van der Waals surface area contributed by atoms with Gasteiger partial charge in [-0.2, -0.15) is 0 Å². The maximum Gasteiger partial charge on any atom is 0.0581 e. The summed E-state index contributed by atoms with van der Waals surface area (Å²) >= 11 is 11.9. The highest BCUT2D eigenvalue weighted by Gasteiger charge is 2.08. The fraction of sp³-hybridized carbons (Fsp3) is 0.500. The van der Waals surface area contributed by atoms with Crippen LogP contribution in [0.25, 0.3) is 0 Å². The first-order valence-corrected chi connectivity index (χ1v) is 6.01. The van der Waals surface area contributed by atoms with Crippen LogP contribution in [-0.4, -0.2) is 11.2 Å². The molecule has 0 aliphatic carbocycles. The summed E-state index contributed by atoms with van der Waals surface area (Å²) in [6.07, 6.45) is 3.22. The molecule has 3 heteroatoms. The van der Waals surface area contributed by atoms with Crippen LogP contribution in [0.2, 0.25) is 10.0 Å². The number of aliphatic hydroxyl groups excluding tert-OH is 1. The fourth-order valence-electron chi connectivity index (χ4n) is 1.50. The Hall–Kier alpha value is -0.240. The summed E-state index contributed by atoms with van der Waals surface area (Å²) in [5, 5.41) is 11.1. The van der Waals surface area contributed by atoms with E-state index in [4.69, 9.17) is 23.2 Å². The maximum atomic E-state index is 9.75. The van der Waals surface area contributed by atoms with Crippen molar-refractivity contribution in [2.45, 2.75) is 38.7 Å². The molecule has 0 saturated heterocycles. The molecule has 0 radical (unpaired) electrons. The highest BCUT2D eigenvalue weighted by Crippen LogP contribution is 2.22. The molecule has 1 N–H and O–H groups in total. The molecule has 0 amide bonds. The van der Waals surface area contributed by atoms with E-state index in [2.05, 4.69) is 6.92 Å². The molecule has 1 atom stereocenters. The minimum atomic E-state index is -0.319.